The molecule has 0 saturated carbocycles. The molecular formula is C15H25N3O. The van der Waals surface area contributed by atoms with Crippen molar-refractivity contribution < 1.29 is 4.74 Å². The number of piperidine rings is 1. The smallest absolute Gasteiger partial charge is 0.0587 e. The highest BCUT2D eigenvalue weighted by atomic mass is 16.5. The van der Waals surface area contributed by atoms with Gasteiger partial charge in [0, 0.05) is 44.5 Å². The minimum atomic E-state index is 0.0871. The number of hydrogen-bond acceptors (Lipinski definition) is 4. The first-order valence-corrected chi connectivity index (χ1v) is 7.04. The number of methoxy groups -OCH3 is 1. The van der Waals surface area contributed by atoms with E-state index < -0.39 is 0 Å². The van der Waals surface area contributed by atoms with Crippen LogP contribution < -0.4 is 16.0 Å². The van der Waals surface area contributed by atoms with Crippen molar-refractivity contribution in [2.45, 2.75) is 18.4 Å². The van der Waals surface area contributed by atoms with Crippen LogP contribution in [0.25, 0.3) is 0 Å². The second-order valence-electron chi connectivity index (χ2n) is 5.23. The van der Waals surface area contributed by atoms with Crippen molar-refractivity contribution in [3.63, 3.8) is 0 Å². The first-order chi connectivity index (χ1) is 9.29. The molecule has 1 aromatic carbocycles. The van der Waals surface area contributed by atoms with Gasteiger partial charge >= 0.3 is 0 Å². The summed E-state index contributed by atoms with van der Waals surface area (Å²) in [4.78, 5) is 2.44. The molecular weight excluding hydrogens is 238 g/mol. The summed E-state index contributed by atoms with van der Waals surface area (Å²) >= 11 is 0. The predicted octanol–water partition coefficient (Wildman–Crippen LogP) is 1.22. The lowest BCUT2D eigenvalue weighted by molar-refractivity contribution is 0.175. The van der Waals surface area contributed by atoms with Crippen molar-refractivity contribution in [1.82, 2.24) is 5.32 Å². The van der Waals surface area contributed by atoms with Crippen LogP contribution >= 0.6 is 0 Å². The van der Waals surface area contributed by atoms with Crippen LogP contribution in [0.4, 0.5) is 5.69 Å². The van der Waals surface area contributed by atoms with Crippen LogP contribution in [0.15, 0.2) is 30.3 Å². The summed E-state index contributed by atoms with van der Waals surface area (Å²) in [6.07, 6.45) is 2.17. The van der Waals surface area contributed by atoms with Gasteiger partial charge in [-0.05, 0) is 25.0 Å². The summed E-state index contributed by atoms with van der Waals surface area (Å²) in [6, 6.07) is 10.6. The summed E-state index contributed by atoms with van der Waals surface area (Å²) in [7, 11) is 1.73. The predicted molar refractivity (Wildman–Crippen MR) is 79.6 cm³/mol. The van der Waals surface area contributed by atoms with E-state index in [0.717, 1.165) is 39.1 Å². The Balaban J connectivity index is 1.89. The monoisotopic (exact) mass is 263 g/mol. The standard InChI is InChI=1S/C15H25N3O/c1-19-12-9-17-15(13-16)7-10-18(11-8-15)14-5-3-2-4-6-14/h2-6,17H,7-13,16H2,1H3. The van der Waals surface area contributed by atoms with E-state index >= 15 is 0 Å². The molecule has 1 heterocycles. The largest absolute Gasteiger partial charge is 0.383 e. The Hall–Kier alpha value is -1.10. The minimum Gasteiger partial charge on any atom is -0.383 e. The van der Waals surface area contributed by atoms with Gasteiger partial charge < -0.3 is 20.7 Å². The van der Waals surface area contributed by atoms with E-state index in [1.165, 1.54) is 5.69 Å². The van der Waals surface area contributed by atoms with E-state index in [1.807, 2.05) is 0 Å². The number of hydrogen-bond donors (Lipinski definition) is 2. The van der Waals surface area contributed by atoms with E-state index in [9.17, 15) is 0 Å². The summed E-state index contributed by atoms with van der Waals surface area (Å²) in [6.45, 7) is 4.42. The van der Waals surface area contributed by atoms with Gasteiger partial charge in [0.25, 0.3) is 0 Å². The average molecular weight is 263 g/mol. The van der Waals surface area contributed by atoms with Gasteiger partial charge in [-0.3, -0.25) is 0 Å². The van der Waals surface area contributed by atoms with Crippen molar-refractivity contribution in [1.29, 1.82) is 0 Å². The fraction of sp³-hybridized carbons (Fsp3) is 0.600. The van der Waals surface area contributed by atoms with Crippen LogP contribution in [0, 0.1) is 0 Å². The molecule has 106 valence electrons. The summed E-state index contributed by atoms with van der Waals surface area (Å²) in [5.41, 5.74) is 7.38. The van der Waals surface area contributed by atoms with Gasteiger partial charge in [-0.15, -0.1) is 0 Å². The first-order valence-electron chi connectivity index (χ1n) is 7.04. The van der Waals surface area contributed by atoms with Gasteiger partial charge in [0.05, 0.1) is 6.61 Å². The molecule has 4 heteroatoms. The van der Waals surface area contributed by atoms with Gasteiger partial charge in [0.2, 0.25) is 0 Å². The fourth-order valence-electron chi connectivity index (χ4n) is 2.70. The zero-order valence-electron chi connectivity index (χ0n) is 11.8. The molecule has 1 saturated heterocycles. The summed E-state index contributed by atoms with van der Waals surface area (Å²) < 4.78 is 5.10. The van der Waals surface area contributed by atoms with Crippen LogP contribution in [0.2, 0.25) is 0 Å². The van der Waals surface area contributed by atoms with Crippen molar-refractivity contribution in [3.8, 4) is 0 Å². The molecule has 0 amide bonds. The molecule has 19 heavy (non-hydrogen) atoms. The van der Waals surface area contributed by atoms with Gasteiger partial charge in [0.1, 0.15) is 0 Å². The Morgan fingerprint density at radius 2 is 1.95 bits per heavy atom. The van der Waals surface area contributed by atoms with E-state index in [0.29, 0.717) is 6.54 Å². The maximum Gasteiger partial charge on any atom is 0.0587 e. The molecule has 1 fully saturated rings. The third kappa shape index (κ3) is 3.69. The van der Waals surface area contributed by atoms with Gasteiger partial charge in [-0.25, -0.2) is 0 Å². The topological polar surface area (TPSA) is 50.5 Å². The Morgan fingerprint density at radius 1 is 1.26 bits per heavy atom. The van der Waals surface area contributed by atoms with E-state index in [4.69, 9.17) is 10.5 Å². The second-order valence-corrected chi connectivity index (χ2v) is 5.23. The Kier molecular flexibility index (Phi) is 5.19. The van der Waals surface area contributed by atoms with Crippen LogP contribution in [-0.4, -0.2) is 45.4 Å². The van der Waals surface area contributed by atoms with Gasteiger partial charge in [0.15, 0.2) is 0 Å². The molecule has 0 spiro atoms. The molecule has 0 bridgehead atoms. The number of benzene rings is 1. The number of rotatable bonds is 6. The highest BCUT2D eigenvalue weighted by molar-refractivity contribution is 5.46. The number of nitrogens with one attached hydrogen (secondary N) is 1. The molecule has 1 aliphatic rings. The molecule has 2 rings (SSSR count). The normalized spacial score (nSPS) is 18.5. The molecule has 3 N–H and O–H groups in total. The lowest BCUT2D eigenvalue weighted by Gasteiger charge is -2.42. The molecule has 0 atom stereocenters. The fourth-order valence-corrected chi connectivity index (χ4v) is 2.70. The Bertz CT molecular complexity index is 361. The molecule has 1 aromatic rings. The van der Waals surface area contributed by atoms with Gasteiger partial charge in [-0.1, -0.05) is 18.2 Å². The number of nitrogens with two attached hydrogens (primary N) is 1. The zero-order valence-corrected chi connectivity index (χ0v) is 11.8. The third-order valence-corrected chi connectivity index (χ3v) is 4.04. The second kappa shape index (κ2) is 6.89. The van der Waals surface area contributed by atoms with Crippen molar-refractivity contribution in [2.75, 3.05) is 44.8 Å². The first kappa shape index (κ1) is 14.3. The third-order valence-electron chi connectivity index (χ3n) is 4.04. The van der Waals surface area contributed by atoms with E-state index in [2.05, 4.69) is 40.5 Å². The lowest BCUT2D eigenvalue weighted by Crippen LogP contribution is -2.58. The SMILES string of the molecule is COCCNC1(CN)CCN(c2ccccc2)CC1. The van der Waals surface area contributed by atoms with Crippen LogP contribution in [0.5, 0.6) is 0 Å². The molecule has 0 aliphatic carbocycles. The van der Waals surface area contributed by atoms with E-state index in [1.54, 1.807) is 7.11 Å². The van der Waals surface area contributed by atoms with Crippen LogP contribution in [-0.2, 0) is 4.74 Å². The number of para-hydroxylation sites is 1. The number of anilines is 1. The van der Waals surface area contributed by atoms with Crippen molar-refractivity contribution >= 4 is 5.69 Å². The number of ether oxygens (including phenoxy) is 1. The van der Waals surface area contributed by atoms with Crippen LogP contribution in [0.1, 0.15) is 12.8 Å². The van der Waals surface area contributed by atoms with Crippen LogP contribution in [0.3, 0.4) is 0 Å². The molecule has 4 nitrogen and oxygen atoms in total. The minimum absolute atomic E-state index is 0.0871. The maximum atomic E-state index is 5.98. The zero-order chi connectivity index (χ0) is 13.6. The molecule has 0 unspecified atom stereocenters. The van der Waals surface area contributed by atoms with Gasteiger partial charge in [-0.2, -0.15) is 0 Å². The summed E-state index contributed by atoms with van der Waals surface area (Å²) in [5.74, 6) is 0. The Labute approximate surface area is 115 Å². The molecule has 0 radical (unpaired) electrons. The molecule has 1 aliphatic heterocycles. The maximum absolute atomic E-state index is 5.98. The van der Waals surface area contributed by atoms with E-state index in [-0.39, 0.29) is 5.54 Å². The summed E-state index contributed by atoms with van der Waals surface area (Å²) in [5, 5.41) is 3.58. The Morgan fingerprint density at radius 3 is 2.53 bits per heavy atom. The van der Waals surface area contributed by atoms with Crippen molar-refractivity contribution in [2.24, 2.45) is 5.73 Å². The van der Waals surface area contributed by atoms with Crippen molar-refractivity contribution in [3.05, 3.63) is 30.3 Å². The highest BCUT2D eigenvalue weighted by Gasteiger charge is 2.32. The number of nitrogens with zero attached hydrogens (tertiary/aromatic N) is 1. The lowest BCUT2D eigenvalue weighted by atomic mass is 9.87. The average Bonchev–Trinajstić information content (AvgIpc) is 2.49. The highest BCUT2D eigenvalue weighted by Crippen LogP contribution is 2.25. The quantitative estimate of drug-likeness (QED) is 0.758. The molecule has 0 aromatic heterocycles.